The minimum Gasteiger partial charge on any atom is -0.381 e. The van der Waals surface area contributed by atoms with E-state index >= 15 is 0 Å². The Bertz CT molecular complexity index is 143. The molecule has 2 atom stereocenters. The van der Waals surface area contributed by atoms with Crippen molar-refractivity contribution in [3.05, 3.63) is 0 Å². The van der Waals surface area contributed by atoms with Crippen molar-refractivity contribution in [1.82, 2.24) is 4.90 Å². The number of likely N-dealkylation sites (tertiary alicyclic amines) is 1. The summed E-state index contributed by atoms with van der Waals surface area (Å²) in [5.41, 5.74) is 0. The van der Waals surface area contributed by atoms with E-state index in [1.165, 1.54) is 32.5 Å². The van der Waals surface area contributed by atoms with Crippen LogP contribution < -0.4 is 0 Å². The summed E-state index contributed by atoms with van der Waals surface area (Å²) in [6.07, 6.45) is 2.68. The van der Waals surface area contributed by atoms with Gasteiger partial charge >= 0.3 is 0 Å². The molecule has 0 saturated carbocycles. The van der Waals surface area contributed by atoms with Gasteiger partial charge in [0.2, 0.25) is 0 Å². The highest BCUT2D eigenvalue weighted by Crippen LogP contribution is 2.19. The van der Waals surface area contributed by atoms with Gasteiger partial charge in [-0.15, -0.1) is 0 Å². The molecular formula is C10H19NO. The third-order valence-electron chi connectivity index (χ3n) is 3.05. The maximum atomic E-state index is 5.37. The molecule has 0 aromatic rings. The van der Waals surface area contributed by atoms with Crippen molar-refractivity contribution in [2.45, 2.75) is 19.8 Å². The molecule has 0 amide bonds. The second kappa shape index (κ2) is 3.75. The monoisotopic (exact) mass is 169 g/mol. The Kier molecular flexibility index (Phi) is 2.66. The molecule has 0 aliphatic carbocycles. The number of hydrogen-bond acceptors (Lipinski definition) is 2. The SMILES string of the molecule is C[C@H]1CCN(C[C@H]2CCOC2)C1. The molecule has 12 heavy (non-hydrogen) atoms. The van der Waals surface area contributed by atoms with E-state index in [4.69, 9.17) is 4.74 Å². The van der Waals surface area contributed by atoms with Crippen LogP contribution in [0.5, 0.6) is 0 Å². The summed E-state index contributed by atoms with van der Waals surface area (Å²) in [6.45, 7) is 8.27. The largest absolute Gasteiger partial charge is 0.381 e. The van der Waals surface area contributed by atoms with Gasteiger partial charge in [0.1, 0.15) is 0 Å². The fourth-order valence-electron chi connectivity index (χ4n) is 2.28. The summed E-state index contributed by atoms with van der Waals surface area (Å²) in [6, 6.07) is 0. The predicted molar refractivity (Wildman–Crippen MR) is 49.1 cm³/mol. The van der Waals surface area contributed by atoms with Crippen molar-refractivity contribution in [2.75, 3.05) is 32.8 Å². The van der Waals surface area contributed by atoms with Gasteiger partial charge in [-0.05, 0) is 31.2 Å². The van der Waals surface area contributed by atoms with Crippen molar-refractivity contribution < 1.29 is 4.74 Å². The Balaban J connectivity index is 1.72. The molecule has 2 aliphatic heterocycles. The van der Waals surface area contributed by atoms with Crippen LogP contribution in [0.25, 0.3) is 0 Å². The van der Waals surface area contributed by atoms with Gasteiger partial charge in [0.05, 0.1) is 6.61 Å². The van der Waals surface area contributed by atoms with E-state index in [9.17, 15) is 0 Å². The second-order valence-electron chi connectivity index (χ2n) is 4.38. The lowest BCUT2D eigenvalue weighted by molar-refractivity contribution is 0.173. The van der Waals surface area contributed by atoms with Crippen molar-refractivity contribution in [1.29, 1.82) is 0 Å². The average Bonchev–Trinajstić information content (AvgIpc) is 2.63. The molecule has 0 radical (unpaired) electrons. The first-order valence-electron chi connectivity index (χ1n) is 5.14. The fraction of sp³-hybridized carbons (Fsp3) is 1.00. The van der Waals surface area contributed by atoms with E-state index in [2.05, 4.69) is 11.8 Å². The summed E-state index contributed by atoms with van der Waals surface area (Å²) in [7, 11) is 0. The zero-order valence-electron chi connectivity index (χ0n) is 7.96. The van der Waals surface area contributed by atoms with Gasteiger partial charge in [-0.3, -0.25) is 0 Å². The first-order valence-corrected chi connectivity index (χ1v) is 5.14. The molecule has 2 saturated heterocycles. The summed E-state index contributed by atoms with van der Waals surface area (Å²) in [4.78, 5) is 2.60. The zero-order chi connectivity index (χ0) is 8.39. The quantitative estimate of drug-likeness (QED) is 0.619. The topological polar surface area (TPSA) is 12.5 Å². The molecule has 0 N–H and O–H groups in total. The molecule has 0 aromatic heterocycles. The van der Waals surface area contributed by atoms with Gasteiger partial charge in [-0.25, -0.2) is 0 Å². The van der Waals surface area contributed by atoms with Crippen LogP contribution in [-0.2, 0) is 4.74 Å². The third-order valence-corrected chi connectivity index (χ3v) is 3.05. The van der Waals surface area contributed by atoms with Gasteiger partial charge in [0.25, 0.3) is 0 Å². The van der Waals surface area contributed by atoms with Gasteiger partial charge in [-0.2, -0.15) is 0 Å². The van der Waals surface area contributed by atoms with E-state index in [0.29, 0.717) is 0 Å². The van der Waals surface area contributed by atoms with Crippen LogP contribution in [0, 0.1) is 11.8 Å². The summed E-state index contributed by atoms with van der Waals surface area (Å²) in [5.74, 6) is 1.75. The van der Waals surface area contributed by atoms with Crippen LogP contribution in [0.1, 0.15) is 19.8 Å². The smallest absolute Gasteiger partial charge is 0.0507 e. The highest BCUT2D eigenvalue weighted by Gasteiger charge is 2.23. The molecule has 0 spiro atoms. The highest BCUT2D eigenvalue weighted by molar-refractivity contribution is 4.76. The van der Waals surface area contributed by atoms with E-state index in [1.54, 1.807) is 0 Å². The zero-order valence-corrected chi connectivity index (χ0v) is 7.96. The van der Waals surface area contributed by atoms with Gasteiger partial charge < -0.3 is 9.64 Å². The summed E-state index contributed by atoms with van der Waals surface area (Å²) in [5, 5.41) is 0. The molecule has 2 nitrogen and oxygen atoms in total. The van der Waals surface area contributed by atoms with Crippen LogP contribution in [0.4, 0.5) is 0 Å². The Hall–Kier alpha value is -0.0800. The highest BCUT2D eigenvalue weighted by atomic mass is 16.5. The first-order chi connectivity index (χ1) is 5.84. The Morgan fingerprint density at radius 2 is 2.33 bits per heavy atom. The maximum absolute atomic E-state index is 5.37. The Morgan fingerprint density at radius 3 is 2.92 bits per heavy atom. The van der Waals surface area contributed by atoms with Crippen LogP contribution in [0.2, 0.25) is 0 Å². The molecular weight excluding hydrogens is 150 g/mol. The molecule has 2 fully saturated rings. The van der Waals surface area contributed by atoms with Crippen molar-refractivity contribution in [3.8, 4) is 0 Å². The minimum absolute atomic E-state index is 0.829. The van der Waals surface area contributed by atoms with Gasteiger partial charge in [0, 0.05) is 19.7 Å². The molecule has 0 aromatic carbocycles. The van der Waals surface area contributed by atoms with E-state index in [-0.39, 0.29) is 0 Å². The fourth-order valence-corrected chi connectivity index (χ4v) is 2.28. The molecule has 0 unspecified atom stereocenters. The molecule has 70 valence electrons. The molecule has 0 bridgehead atoms. The van der Waals surface area contributed by atoms with Crippen LogP contribution >= 0.6 is 0 Å². The number of nitrogens with zero attached hydrogens (tertiary/aromatic N) is 1. The Morgan fingerprint density at radius 1 is 1.42 bits per heavy atom. The third kappa shape index (κ3) is 1.99. The molecule has 2 heterocycles. The summed E-state index contributed by atoms with van der Waals surface area (Å²) >= 11 is 0. The normalized spacial score (nSPS) is 37.8. The minimum atomic E-state index is 0.829. The van der Waals surface area contributed by atoms with E-state index in [0.717, 1.165) is 25.0 Å². The first kappa shape index (κ1) is 8.52. The molecule has 2 rings (SSSR count). The van der Waals surface area contributed by atoms with E-state index < -0.39 is 0 Å². The standard InChI is InChI=1S/C10H19NO/c1-9-2-4-11(6-9)7-10-3-5-12-8-10/h9-10H,2-8H2,1H3/t9-,10+/m0/s1. The number of ether oxygens (including phenoxy) is 1. The van der Waals surface area contributed by atoms with Crippen LogP contribution in [0.15, 0.2) is 0 Å². The molecule has 2 heteroatoms. The van der Waals surface area contributed by atoms with Gasteiger partial charge in [-0.1, -0.05) is 6.92 Å². The number of rotatable bonds is 2. The Labute approximate surface area is 74.9 Å². The predicted octanol–water partition coefficient (Wildman–Crippen LogP) is 1.36. The van der Waals surface area contributed by atoms with E-state index in [1.807, 2.05) is 0 Å². The van der Waals surface area contributed by atoms with Crippen LogP contribution in [-0.4, -0.2) is 37.7 Å². The second-order valence-corrected chi connectivity index (χ2v) is 4.38. The van der Waals surface area contributed by atoms with Crippen LogP contribution in [0.3, 0.4) is 0 Å². The average molecular weight is 169 g/mol. The lowest BCUT2D eigenvalue weighted by Crippen LogP contribution is -2.27. The lowest BCUT2D eigenvalue weighted by atomic mass is 10.1. The lowest BCUT2D eigenvalue weighted by Gasteiger charge is -2.18. The molecule has 2 aliphatic rings. The number of hydrogen-bond donors (Lipinski definition) is 0. The van der Waals surface area contributed by atoms with Crippen molar-refractivity contribution >= 4 is 0 Å². The maximum Gasteiger partial charge on any atom is 0.0507 e. The summed E-state index contributed by atoms with van der Waals surface area (Å²) < 4.78 is 5.37. The van der Waals surface area contributed by atoms with Crippen molar-refractivity contribution in [2.24, 2.45) is 11.8 Å². The van der Waals surface area contributed by atoms with Crippen molar-refractivity contribution in [3.63, 3.8) is 0 Å². The van der Waals surface area contributed by atoms with Gasteiger partial charge in [0.15, 0.2) is 0 Å².